The van der Waals surface area contributed by atoms with Crippen molar-refractivity contribution in [2.24, 2.45) is 10.7 Å². The van der Waals surface area contributed by atoms with Gasteiger partial charge in [-0.3, -0.25) is 9.79 Å². The van der Waals surface area contributed by atoms with Gasteiger partial charge in [0.1, 0.15) is 5.76 Å². The minimum absolute atomic E-state index is 0. The lowest BCUT2D eigenvalue weighted by molar-refractivity contribution is -0.132. The molecule has 0 saturated heterocycles. The van der Waals surface area contributed by atoms with E-state index < -0.39 is 18.5 Å². The molecule has 120 valence electrons. The van der Waals surface area contributed by atoms with Crippen LogP contribution in [0.3, 0.4) is 0 Å². The third-order valence-electron chi connectivity index (χ3n) is 2.26. The molecule has 10 heteroatoms. The molecule has 21 heavy (non-hydrogen) atoms. The van der Waals surface area contributed by atoms with Crippen LogP contribution in [-0.4, -0.2) is 31.6 Å². The Morgan fingerprint density at radius 1 is 1.38 bits per heavy atom. The summed E-state index contributed by atoms with van der Waals surface area (Å²) in [6, 6.07) is 2.95. The molecule has 0 spiro atoms. The number of nitrogens with two attached hydrogens (primary N) is 1. The molecule has 0 fully saturated rings. The van der Waals surface area contributed by atoms with Gasteiger partial charge in [0.2, 0.25) is 0 Å². The molecule has 1 amide bonds. The lowest BCUT2D eigenvalue weighted by atomic mass is 10.4. The third-order valence-corrected chi connectivity index (χ3v) is 2.26. The first-order valence-corrected chi connectivity index (χ1v) is 5.71. The van der Waals surface area contributed by atoms with Crippen LogP contribution in [0, 0.1) is 0 Å². The number of hydrogen-bond acceptors (Lipinski definition) is 3. The predicted molar refractivity (Wildman–Crippen MR) is 81.5 cm³/mol. The van der Waals surface area contributed by atoms with Gasteiger partial charge in [-0.2, -0.15) is 13.2 Å². The maximum Gasteiger partial charge on any atom is 0.390 e. The van der Waals surface area contributed by atoms with Gasteiger partial charge in [-0.05, 0) is 12.1 Å². The maximum absolute atomic E-state index is 12.0. The van der Waals surface area contributed by atoms with E-state index >= 15 is 0 Å². The number of nitrogens with one attached hydrogen (secondary N) is 2. The van der Waals surface area contributed by atoms with Gasteiger partial charge in [-0.25, -0.2) is 0 Å². The van der Waals surface area contributed by atoms with E-state index in [2.05, 4.69) is 15.6 Å². The summed E-state index contributed by atoms with van der Waals surface area (Å²) in [5, 5.41) is 5.26. The van der Waals surface area contributed by atoms with Crippen LogP contribution < -0.4 is 16.4 Å². The molecule has 0 aliphatic heterocycles. The summed E-state index contributed by atoms with van der Waals surface area (Å²) in [7, 11) is 1.43. The Labute approximate surface area is 136 Å². The van der Waals surface area contributed by atoms with Crippen LogP contribution in [0.1, 0.15) is 22.7 Å². The van der Waals surface area contributed by atoms with Crippen molar-refractivity contribution in [3.8, 4) is 0 Å². The Bertz CT molecular complexity index is 488. The van der Waals surface area contributed by atoms with Crippen molar-refractivity contribution in [2.75, 3.05) is 13.6 Å². The Hall–Kier alpha value is -1.46. The highest BCUT2D eigenvalue weighted by molar-refractivity contribution is 14.0. The Morgan fingerprint density at radius 3 is 2.52 bits per heavy atom. The molecule has 6 nitrogen and oxygen atoms in total. The zero-order valence-corrected chi connectivity index (χ0v) is 13.5. The molecule has 0 aromatic carbocycles. The molecule has 0 saturated carbocycles. The fraction of sp³-hybridized carbons (Fsp3) is 0.455. The molecule has 1 aromatic rings. The summed E-state index contributed by atoms with van der Waals surface area (Å²) >= 11 is 0. The number of guanidine groups is 1. The molecule has 1 heterocycles. The lowest BCUT2D eigenvalue weighted by Crippen LogP contribution is -2.38. The summed E-state index contributed by atoms with van der Waals surface area (Å²) in [6.45, 7) is -0.118. The molecule has 0 unspecified atom stereocenters. The van der Waals surface area contributed by atoms with Gasteiger partial charge in [0.15, 0.2) is 11.7 Å². The number of carbonyl (C=O) groups is 1. The van der Waals surface area contributed by atoms with E-state index in [-0.39, 0.29) is 48.8 Å². The Balaban J connectivity index is 0.00000400. The smallest absolute Gasteiger partial charge is 0.390 e. The summed E-state index contributed by atoms with van der Waals surface area (Å²) < 4.78 is 41.0. The second-order valence-electron chi connectivity index (χ2n) is 3.85. The second-order valence-corrected chi connectivity index (χ2v) is 3.85. The second kappa shape index (κ2) is 8.74. The van der Waals surface area contributed by atoms with E-state index in [0.717, 1.165) is 0 Å². The van der Waals surface area contributed by atoms with Crippen molar-refractivity contribution in [1.29, 1.82) is 0 Å². The molecule has 1 aromatic heterocycles. The summed E-state index contributed by atoms with van der Waals surface area (Å²) in [6.07, 6.45) is -5.18. The fourth-order valence-corrected chi connectivity index (χ4v) is 1.32. The predicted octanol–water partition coefficient (Wildman–Crippen LogP) is 1.61. The molecule has 0 radical (unpaired) electrons. The van der Waals surface area contributed by atoms with Gasteiger partial charge in [-0.15, -0.1) is 24.0 Å². The van der Waals surface area contributed by atoms with Crippen LogP contribution in [0.15, 0.2) is 21.5 Å². The van der Waals surface area contributed by atoms with Gasteiger partial charge in [0.05, 0.1) is 13.0 Å². The molecular formula is C11H16F3IN4O2. The largest absolute Gasteiger partial charge is 0.454 e. The zero-order valence-electron chi connectivity index (χ0n) is 11.2. The SMILES string of the molecule is CN=C(NCCC(F)(F)F)NCc1ccc(C(N)=O)o1.I. The van der Waals surface area contributed by atoms with Gasteiger partial charge >= 0.3 is 6.18 Å². The summed E-state index contributed by atoms with van der Waals surface area (Å²) in [5.74, 6) is -0.0606. The van der Waals surface area contributed by atoms with Crippen LogP contribution >= 0.6 is 24.0 Å². The molecule has 0 aliphatic carbocycles. The van der Waals surface area contributed by atoms with E-state index in [1.165, 1.54) is 19.2 Å². The van der Waals surface area contributed by atoms with Gasteiger partial charge < -0.3 is 20.8 Å². The molecule has 0 bridgehead atoms. The first kappa shape index (κ1) is 19.5. The average molecular weight is 420 g/mol. The first-order valence-electron chi connectivity index (χ1n) is 5.71. The van der Waals surface area contributed by atoms with Gasteiger partial charge in [-0.1, -0.05) is 0 Å². The lowest BCUT2D eigenvalue weighted by Gasteiger charge is -2.12. The number of hydrogen-bond donors (Lipinski definition) is 3. The average Bonchev–Trinajstić information content (AvgIpc) is 2.81. The number of carbonyl (C=O) groups excluding carboxylic acids is 1. The molecule has 4 N–H and O–H groups in total. The minimum atomic E-state index is -4.22. The Morgan fingerprint density at radius 2 is 2.05 bits per heavy atom. The molecular weight excluding hydrogens is 404 g/mol. The van der Waals surface area contributed by atoms with Crippen molar-refractivity contribution >= 4 is 35.8 Å². The number of alkyl halides is 3. The standard InChI is InChI=1S/C11H15F3N4O2.HI/c1-16-10(17-5-4-11(12,13)14)18-6-7-2-3-8(20-7)9(15)19;/h2-3H,4-6H2,1H3,(H2,15,19)(H2,16,17,18);1H. The summed E-state index contributed by atoms with van der Waals surface area (Å²) in [4.78, 5) is 14.6. The van der Waals surface area contributed by atoms with Crippen LogP contribution in [0.5, 0.6) is 0 Å². The molecule has 1 rings (SSSR count). The van der Waals surface area contributed by atoms with E-state index in [1.54, 1.807) is 0 Å². The number of aliphatic imine (C=N–C) groups is 1. The number of primary amides is 1. The van der Waals surface area contributed by atoms with Crippen molar-refractivity contribution in [3.05, 3.63) is 23.7 Å². The van der Waals surface area contributed by atoms with E-state index in [1.807, 2.05) is 0 Å². The van der Waals surface area contributed by atoms with Crippen molar-refractivity contribution in [2.45, 2.75) is 19.1 Å². The van der Waals surface area contributed by atoms with Crippen LogP contribution in [0.4, 0.5) is 13.2 Å². The van der Waals surface area contributed by atoms with E-state index in [4.69, 9.17) is 10.2 Å². The van der Waals surface area contributed by atoms with Gasteiger partial charge in [0, 0.05) is 13.6 Å². The topological polar surface area (TPSA) is 92.6 Å². The van der Waals surface area contributed by atoms with E-state index in [0.29, 0.717) is 5.76 Å². The van der Waals surface area contributed by atoms with Crippen molar-refractivity contribution in [3.63, 3.8) is 0 Å². The maximum atomic E-state index is 12.0. The zero-order chi connectivity index (χ0) is 15.2. The normalized spacial score (nSPS) is 11.7. The number of furan rings is 1. The summed E-state index contributed by atoms with van der Waals surface area (Å²) in [5.41, 5.74) is 5.02. The molecule has 0 atom stereocenters. The minimum Gasteiger partial charge on any atom is -0.454 e. The van der Waals surface area contributed by atoms with Crippen LogP contribution in [-0.2, 0) is 6.54 Å². The fourth-order valence-electron chi connectivity index (χ4n) is 1.32. The number of amides is 1. The quantitative estimate of drug-likeness (QED) is 0.384. The van der Waals surface area contributed by atoms with E-state index in [9.17, 15) is 18.0 Å². The van der Waals surface area contributed by atoms with Crippen LogP contribution in [0.2, 0.25) is 0 Å². The number of halogens is 4. The van der Waals surface area contributed by atoms with Crippen molar-refractivity contribution < 1.29 is 22.4 Å². The number of rotatable bonds is 5. The molecule has 0 aliphatic rings. The van der Waals surface area contributed by atoms with Crippen LogP contribution in [0.25, 0.3) is 0 Å². The highest BCUT2D eigenvalue weighted by atomic mass is 127. The first-order chi connectivity index (χ1) is 9.31. The monoisotopic (exact) mass is 420 g/mol. The Kier molecular flexibility index (Phi) is 8.14. The van der Waals surface area contributed by atoms with Crippen molar-refractivity contribution in [1.82, 2.24) is 10.6 Å². The highest BCUT2D eigenvalue weighted by Gasteiger charge is 2.26. The number of nitrogens with zero attached hydrogens (tertiary/aromatic N) is 1. The highest BCUT2D eigenvalue weighted by Crippen LogP contribution is 2.18. The van der Waals surface area contributed by atoms with Gasteiger partial charge in [0.25, 0.3) is 5.91 Å². The third kappa shape index (κ3) is 7.78.